The Hall–Kier alpha value is -0.900. The first kappa shape index (κ1) is 11.2. The predicted octanol–water partition coefficient (Wildman–Crippen LogP) is -0.972. The molecule has 0 radical (unpaired) electrons. The van der Waals surface area contributed by atoms with Crippen LogP contribution in [0.2, 0.25) is 0 Å². The molecule has 0 unspecified atom stereocenters. The van der Waals surface area contributed by atoms with Crippen molar-refractivity contribution in [1.82, 2.24) is 0 Å². The summed E-state index contributed by atoms with van der Waals surface area (Å²) in [6, 6.07) is 7.42. The van der Waals surface area contributed by atoms with Gasteiger partial charge in [0.1, 0.15) is 26.2 Å². The van der Waals surface area contributed by atoms with Crippen molar-refractivity contribution in [3.8, 4) is 0 Å². The average Bonchev–Trinajstić information content (AvgIpc) is 2.39. The van der Waals surface area contributed by atoms with Gasteiger partial charge in [-0.25, -0.2) is 0 Å². The molecule has 92 valence electrons. The first-order valence-corrected chi connectivity index (χ1v) is 6.68. The number of nitrogens with two attached hydrogens (primary N) is 1. The van der Waals surface area contributed by atoms with Crippen LogP contribution >= 0.6 is 0 Å². The number of quaternary nitrogens is 2. The van der Waals surface area contributed by atoms with Gasteiger partial charge in [0.2, 0.25) is 0 Å². The first-order valence-electron chi connectivity index (χ1n) is 6.68. The molecule has 17 heavy (non-hydrogen) atoms. The minimum absolute atomic E-state index is 0.670. The molecular weight excluding hydrogens is 212 g/mol. The fraction of sp³-hybridized carbons (Fsp3) is 0.571. The largest absolute Gasteiger partial charge is 0.370 e. The van der Waals surface area contributed by atoms with Crippen LogP contribution in [-0.4, -0.2) is 32.8 Å². The Morgan fingerprint density at radius 1 is 1.29 bits per heavy atom. The summed E-state index contributed by atoms with van der Waals surface area (Å²) in [4.78, 5) is 1.71. The molecule has 2 heterocycles. The number of benzene rings is 1. The molecule has 0 aliphatic carbocycles. The van der Waals surface area contributed by atoms with Gasteiger partial charge >= 0.3 is 0 Å². The van der Waals surface area contributed by atoms with E-state index in [1.54, 1.807) is 16.0 Å². The Morgan fingerprint density at radius 3 is 2.94 bits per heavy atom. The second-order valence-electron chi connectivity index (χ2n) is 5.20. The third kappa shape index (κ3) is 2.10. The smallest absolute Gasteiger partial charge is 0.163 e. The van der Waals surface area contributed by atoms with Crippen molar-refractivity contribution >= 4 is 0 Å². The minimum atomic E-state index is 0.670. The highest BCUT2D eigenvalue weighted by Gasteiger charge is 2.33. The molecule has 0 bridgehead atoms. The van der Waals surface area contributed by atoms with Gasteiger partial charge in [-0.05, 0) is 12.5 Å². The van der Waals surface area contributed by atoms with E-state index in [2.05, 4.69) is 30.4 Å². The zero-order valence-electron chi connectivity index (χ0n) is 10.5. The van der Waals surface area contributed by atoms with E-state index in [1.807, 2.05) is 0 Å². The molecule has 0 spiro atoms. The summed E-state index contributed by atoms with van der Waals surface area (Å²) in [7, 11) is 0. The SMILES string of the molecule is Cc1cccc2c1[C@H]([NH+]1CCOCC1)C[NH2+]C2. The fourth-order valence-corrected chi connectivity index (χ4v) is 3.29. The third-order valence-corrected chi connectivity index (χ3v) is 4.16. The minimum Gasteiger partial charge on any atom is -0.370 e. The van der Waals surface area contributed by atoms with E-state index in [9.17, 15) is 0 Å². The van der Waals surface area contributed by atoms with Crippen molar-refractivity contribution in [3.05, 3.63) is 34.9 Å². The second-order valence-corrected chi connectivity index (χ2v) is 5.20. The van der Waals surface area contributed by atoms with Crippen LogP contribution in [0.5, 0.6) is 0 Å². The van der Waals surface area contributed by atoms with E-state index in [0.717, 1.165) is 32.8 Å². The lowest BCUT2D eigenvalue weighted by Gasteiger charge is -2.34. The lowest BCUT2D eigenvalue weighted by atomic mass is 9.91. The van der Waals surface area contributed by atoms with E-state index in [-0.39, 0.29) is 0 Å². The summed E-state index contributed by atoms with van der Waals surface area (Å²) < 4.78 is 5.48. The van der Waals surface area contributed by atoms with Crippen LogP contribution in [0.3, 0.4) is 0 Å². The van der Waals surface area contributed by atoms with Crippen molar-refractivity contribution in [3.63, 3.8) is 0 Å². The first-order chi connectivity index (χ1) is 8.36. The van der Waals surface area contributed by atoms with E-state index < -0.39 is 0 Å². The van der Waals surface area contributed by atoms with Crippen molar-refractivity contribution in [2.75, 3.05) is 32.8 Å². The van der Waals surface area contributed by atoms with Gasteiger partial charge in [-0.3, -0.25) is 0 Å². The van der Waals surface area contributed by atoms with Crippen LogP contribution in [0.1, 0.15) is 22.7 Å². The Labute approximate surface area is 103 Å². The number of rotatable bonds is 1. The summed E-state index contributed by atoms with van der Waals surface area (Å²) >= 11 is 0. The van der Waals surface area contributed by atoms with Gasteiger partial charge in [0.15, 0.2) is 6.04 Å². The molecule has 1 aromatic rings. The topological polar surface area (TPSA) is 30.3 Å². The molecular formula is C14H22N2O+2. The highest BCUT2D eigenvalue weighted by Crippen LogP contribution is 2.21. The number of hydrogen-bond acceptors (Lipinski definition) is 1. The molecule has 1 atom stereocenters. The molecule has 3 heteroatoms. The average molecular weight is 234 g/mol. The number of fused-ring (bicyclic) bond motifs is 1. The quantitative estimate of drug-likeness (QED) is 0.643. The highest BCUT2D eigenvalue weighted by molar-refractivity contribution is 5.36. The molecule has 2 aliphatic rings. The van der Waals surface area contributed by atoms with Crippen LogP contribution in [-0.2, 0) is 11.3 Å². The molecule has 3 nitrogen and oxygen atoms in total. The van der Waals surface area contributed by atoms with Gasteiger partial charge in [0.05, 0.1) is 13.2 Å². The van der Waals surface area contributed by atoms with Crippen LogP contribution in [0, 0.1) is 6.92 Å². The molecule has 1 saturated heterocycles. The van der Waals surface area contributed by atoms with Crippen LogP contribution < -0.4 is 10.2 Å². The van der Waals surface area contributed by atoms with Gasteiger partial charge in [-0.2, -0.15) is 0 Å². The van der Waals surface area contributed by atoms with E-state index in [0.29, 0.717) is 6.04 Å². The summed E-state index contributed by atoms with van der Waals surface area (Å²) in [5.74, 6) is 0. The number of hydrogen-bond donors (Lipinski definition) is 2. The Balaban J connectivity index is 1.92. The maximum Gasteiger partial charge on any atom is 0.163 e. The molecule has 0 saturated carbocycles. The normalized spacial score (nSPS) is 25.6. The zero-order valence-corrected chi connectivity index (χ0v) is 10.5. The standard InChI is InChI=1S/C14H20N2O/c1-11-3-2-4-12-9-15-10-13(14(11)12)16-5-7-17-8-6-16/h2-4,13,15H,5-10H2,1H3/p+2/t13-/m1/s1. The van der Waals surface area contributed by atoms with Gasteiger partial charge in [0.25, 0.3) is 0 Å². The Morgan fingerprint density at radius 2 is 2.12 bits per heavy atom. The van der Waals surface area contributed by atoms with Gasteiger partial charge < -0.3 is 15.0 Å². The number of morpholine rings is 1. The van der Waals surface area contributed by atoms with Crippen molar-refractivity contribution < 1.29 is 15.0 Å². The second kappa shape index (κ2) is 4.77. The molecule has 3 N–H and O–H groups in total. The van der Waals surface area contributed by atoms with Gasteiger partial charge in [0, 0.05) is 11.1 Å². The third-order valence-electron chi connectivity index (χ3n) is 4.16. The van der Waals surface area contributed by atoms with Crippen molar-refractivity contribution in [2.45, 2.75) is 19.5 Å². The molecule has 2 aliphatic heterocycles. The summed E-state index contributed by atoms with van der Waals surface area (Å²) in [6.45, 7) is 8.81. The molecule has 0 amide bonds. The zero-order chi connectivity index (χ0) is 11.7. The maximum atomic E-state index is 5.48. The predicted molar refractivity (Wildman–Crippen MR) is 65.9 cm³/mol. The Kier molecular flexibility index (Phi) is 3.14. The summed E-state index contributed by atoms with van der Waals surface area (Å²) in [5, 5.41) is 2.45. The highest BCUT2D eigenvalue weighted by atomic mass is 16.5. The van der Waals surface area contributed by atoms with Crippen molar-refractivity contribution in [1.29, 1.82) is 0 Å². The monoisotopic (exact) mass is 234 g/mol. The fourth-order valence-electron chi connectivity index (χ4n) is 3.29. The van der Waals surface area contributed by atoms with Gasteiger partial charge in [-0.15, -0.1) is 0 Å². The van der Waals surface area contributed by atoms with Crippen molar-refractivity contribution in [2.24, 2.45) is 0 Å². The molecule has 0 aromatic heterocycles. The lowest BCUT2D eigenvalue weighted by Crippen LogP contribution is -3.17. The molecule has 1 aromatic carbocycles. The van der Waals surface area contributed by atoms with Crippen LogP contribution in [0.4, 0.5) is 0 Å². The molecule has 1 fully saturated rings. The maximum absolute atomic E-state index is 5.48. The summed E-state index contributed by atoms with van der Waals surface area (Å²) in [6.07, 6.45) is 0. The van der Waals surface area contributed by atoms with E-state index >= 15 is 0 Å². The van der Waals surface area contributed by atoms with Crippen LogP contribution in [0.15, 0.2) is 18.2 Å². The number of ether oxygens (including phenoxy) is 1. The molecule has 3 rings (SSSR count). The van der Waals surface area contributed by atoms with E-state index in [4.69, 9.17) is 4.74 Å². The number of aryl methyl sites for hydroxylation is 1. The van der Waals surface area contributed by atoms with Crippen LogP contribution in [0.25, 0.3) is 0 Å². The Bertz CT molecular complexity index is 399. The van der Waals surface area contributed by atoms with E-state index in [1.165, 1.54) is 12.1 Å². The number of nitrogens with one attached hydrogen (secondary N) is 1. The summed E-state index contributed by atoms with van der Waals surface area (Å²) in [5.41, 5.74) is 4.63. The van der Waals surface area contributed by atoms with Gasteiger partial charge in [-0.1, -0.05) is 18.2 Å². The lowest BCUT2D eigenvalue weighted by molar-refractivity contribution is -0.954.